The van der Waals surface area contributed by atoms with E-state index in [0.29, 0.717) is 16.9 Å². The Balaban J connectivity index is 1.82. The first-order valence-electron chi connectivity index (χ1n) is 11.9. The third-order valence-corrected chi connectivity index (χ3v) is 6.69. The maximum atomic E-state index is 12.4. The molecule has 0 saturated carbocycles. The van der Waals surface area contributed by atoms with Crippen LogP contribution in [0.1, 0.15) is 26.2 Å². The number of alkyl halides is 4. The summed E-state index contributed by atoms with van der Waals surface area (Å²) in [5, 5.41) is 0. The van der Waals surface area contributed by atoms with E-state index in [4.69, 9.17) is 16.3 Å². The number of aliphatic imine (C=N–C) groups is 2. The van der Waals surface area contributed by atoms with Crippen LogP contribution in [-0.4, -0.2) is 74.1 Å². The smallest absolute Gasteiger partial charge is 0.397 e. The Hall–Kier alpha value is -2.60. The molecule has 5 nitrogen and oxygen atoms in total. The van der Waals surface area contributed by atoms with Crippen molar-refractivity contribution in [2.45, 2.75) is 44.3 Å². The molecule has 2 fully saturated rings. The number of nitrogens with zero attached hydrogens (tertiary/aromatic N) is 3. The SMILES string of the molecule is C=CC=NC(=CCCl)C1OC2(CC[N+](C)(CC3=C=C=C(OC(F)(F)F)C=C3)CC2)C(=NC)C1=CCC. The zero-order valence-electron chi connectivity index (χ0n) is 20.9. The number of likely N-dealkylation sites (N-methyl/N-ethyl adjacent to an activating group) is 1. The van der Waals surface area contributed by atoms with Crippen molar-refractivity contribution in [2.75, 3.05) is 39.6 Å². The normalized spacial score (nSPS) is 31.0. The van der Waals surface area contributed by atoms with Crippen molar-refractivity contribution in [3.05, 3.63) is 71.0 Å². The molecule has 2 aliphatic heterocycles. The fourth-order valence-electron chi connectivity index (χ4n) is 4.89. The van der Waals surface area contributed by atoms with Crippen molar-refractivity contribution in [2.24, 2.45) is 9.98 Å². The van der Waals surface area contributed by atoms with Crippen LogP contribution in [0.4, 0.5) is 13.2 Å². The van der Waals surface area contributed by atoms with Gasteiger partial charge in [0.05, 0.1) is 37.1 Å². The molecule has 1 aliphatic carbocycles. The van der Waals surface area contributed by atoms with E-state index >= 15 is 0 Å². The first-order valence-corrected chi connectivity index (χ1v) is 12.4. The molecule has 3 rings (SSSR count). The van der Waals surface area contributed by atoms with Crippen LogP contribution in [-0.2, 0) is 9.47 Å². The summed E-state index contributed by atoms with van der Waals surface area (Å²) in [5.41, 5.74) is 8.23. The monoisotopic (exact) mass is 522 g/mol. The summed E-state index contributed by atoms with van der Waals surface area (Å²) in [6.07, 6.45) is 7.33. The number of quaternary nitrogens is 1. The second-order valence-corrected chi connectivity index (χ2v) is 9.48. The van der Waals surface area contributed by atoms with Gasteiger partial charge in [0.25, 0.3) is 0 Å². The molecular formula is C27H32ClF3N3O2+. The molecule has 0 bridgehead atoms. The highest BCUT2D eigenvalue weighted by atomic mass is 35.5. The second-order valence-electron chi connectivity index (χ2n) is 9.17. The van der Waals surface area contributed by atoms with Gasteiger partial charge in [-0.15, -0.1) is 24.8 Å². The number of ether oxygens (including phenoxy) is 2. The van der Waals surface area contributed by atoms with Crippen LogP contribution >= 0.6 is 11.6 Å². The lowest BCUT2D eigenvalue weighted by atomic mass is 9.83. The molecule has 0 aromatic heterocycles. The van der Waals surface area contributed by atoms with Crippen molar-refractivity contribution in [3.8, 4) is 0 Å². The Labute approximate surface area is 215 Å². The third kappa shape index (κ3) is 6.58. The van der Waals surface area contributed by atoms with Crippen LogP contribution < -0.4 is 0 Å². The number of likely N-dealkylation sites (tertiary alicyclic amines) is 1. The lowest BCUT2D eigenvalue weighted by Gasteiger charge is -2.44. The molecule has 2 saturated heterocycles. The third-order valence-electron chi connectivity index (χ3n) is 6.53. The number of halogens is 4. The summed E-state index contributed by atoms with van der Waals surface area (Å²) in [6.45, 7) is 7.99. The van der Waals surface area contributed by atoms with Gasteiger partial charge in [-0.05, 0) is 30.4 Å². The van der Waals surface area contributed by atoms with Crippen LogP contribution in [0.3, 0.4) is 0 Å². The molecule has 0 aromatic rings. The molecule has 1 unspecified atom stereocenters. The van der Waals surface area contributed by atoms with Crippen LogP contribution in [0.15, 0.2) is 81.0 Å². The van der Waals surface area contributed by atoms with Crippen LogP contribution in [0.25, 0.3) is 0 Å². The number of allylic oxidation sites excluding steroid dienone is 4. The molecule has 0 amide bonds. The van der Waals surface area contributed by atoms with Gasteiger partial charge in [0.2, 0.25) is 0 Å². The van der Waals surface area contributed by atoms with Gasteiger partial charge in [0.1, 0.15) is 18.2 Å². The highest BCUT2D eigenvalue weighted by molar-refractivity contribution is 6.19. The molecule has 194 valence electrons. The Bertz CT molecular complexity index is 1110. The quantitative estimate of drug-likeness (QED) is 0.174. The van der Waals surface area contributed by atoms with Crippen molar-refractivity contribution in [1.82, 2.24) is 0 Å². The molecule has 1 spiro atoms. The lowest BCUT2D eigenvalue weighted by Crippen LogP contribution is -2.57. The van der Waals surface area contributed by atoms with Crippen molar-refractivity contribution >= 4 is 23.5 Å². The first kappa shape index (κ1) is 28.0. The molecule has 9 heteroatoms. The van der Waals surface area contributed by atoms with E-state index in [1.54, 1.807) is 25.4 Å². The van der Waals surface area contributed by atoms with Gasteiger partial charge < -0.3 is 14.0 Å². The minimum absolute atomic E-state index is 0.309. The van der Waals surface area contributed by atoms with Crippen LogP contribution in [0.2, 0.25) is 0 Å². The number of hydrogen-bond donors (Lipinski definition) is 0. The zero-order valence-corrected chi connectivity index (χ0v) is 21.6. The summed E-state index contributed by atoms with van der Waals surface area (Å²) < 4.78 is 48.7. The fraction of sp³-hybridized carbons (Fsp3) is 0.481. The van der Waals surface area contributed by atoms with Gasteiger partial charge in [-0.3, -0.25) is 9.98 Å². The van der Waals surface area contributed by atoms with Gasteiger partial charge in [0, 0.05) is 37.6 Å². The molecule has 1 atom stereocenters. The molecule has 3 aliphatic rings. The van der Waals surface area contributed by atoms with Gasteiger partial charge in [0.15, 0.2) is 5.76 Å². The van der Waals surface area contributed by atoms with Crippen LogP contribution in [0.5, 0.6) is 0 Å². The van der Waals surface area contributed by atoms with E-state index < -0.39 is 17.7 Å². The van der Waals surface area contributed by atoms with Crippen molar-refractivity contribution in [3.63, 3.8) is 0 Å². The van der Waals surface area contributed by atoms with E-state index in [1.807, 2.05) is 6.08 Å². The maximum absolute atomic E-state index is 12.4. The maximum Gasteiger partial charge on any atom is 0.573 e. The topological polar surface area (TPSA) is 43.2 Å². The average Bonchev–Trinajstić information content (AvgIpc) is 3.12. The summed E-state index contributed by atoms with van der Waals surface area (Å²) in [6, 6.07) is 0. The minimum Gasteiger partial charge on any atom is -0.397 e. The first-order chi connectivity index (χ1) is 17.1. The molecule has 0 radical (unpaired) electrons. The number of piperidine rings is 1. The summed E-state index contributed by atoms with van der Waals surface area (Å²) in [4.78, 5) is 9.20. The predicted molar refractivity (Wildman–Crippen MR) is 137 cm³/mol. The molecular weight excluding hydrogens is 491 g/mol. The van der Waals surface area contributed by atoms with E-state index in [1.165, 1.54) is 6.08 Å². The largest absolute Gasteiger partial charge is 0.573 e. The molecule has 0 N–H and O–H groups in total. The highest BCUT2D eigenvalue weighted by Gasteiger charge is 2.53. The minimum atomic E-state index is -4.75. The number of rotatable bonds is 8. The van der Waals surface area contributed by atoms with Crippen molar-refractivity contribution in [1.29, 1.82) is 0 Å². The summed E-state index contributed by atoms with van der Waals surface area (Å²) in [5.74, 6) is -0.0832. The van der Waals surface area contributed by atoms with Crippen molar-refractivity contribution < 1.29 is 27.1 Å². The van der Waals surface area contributed by atoms with Crippen LogP contribution in [0, 0.1) is 0 Å². The standard InChI is InChI=1S/C27H32ClF3N3O2/c1-5-7-22-24(23(12-15-28)33-16-6-2)36-26(25(22)32-3)13-17-34(4,18-14-26)19-20-8-10-21(11-9-20)35-27(29,30)31/h6-8,10,12,16,24H,2,5,13-15,17-19H2,1,3-4H3/q+1. The zero-order chi connectivity index (χ0) is 26.4. The Morgan fingerprint density at radius 3 is 2.58 bits per heavy atom. The second kappa shape index (κ2) is 11.6. The van der Waals surface area contributed by atoms with E-state index in [2.05, 4.69) is 52.8 Å². The molecule has 0 aromatic carbocycles. The van der Waals surface area contributed by atoms with Gasteiger partial charge in [-0.2, -0.15) is 0 Å². The van der Waals surface area contributed by atoms with Gasteiger partial charge in [-0.25, -0.2) is 0 Å². The average molecular weight is 523 g/mol. The van der Waals surface area contributed by atoms with Gasteiger partial charge in [-0.1, -0.05) is 31.4 Å². The van der Waals surface area contributed by atoms with E-state index in [0.717, 1.165) is 54.9 Å². The van der Waals surface area contributed by atoms with E-state index in [9.17, 15) is 13.2 Å². The lowest BCUT2D eigenvalue weighted by molar-refractivity contribution is -0.911. The predicted octanol–water partition coefficient (Wildman–Crippen LogP) is 5.82. The van der Waals surface area contributed by atoms with E-state index in [-0.39, 0.29) is 6.10 Å². The fourth-order valence-corrected chi connectivity index (χ4v) is 5.05. The Morgan fingerprint density at radius 1 is 1.33 bits per heavy atom. The Morgan fingerprint density at radius 2 is 2.06 bits per heavy atom. The number of hydrogen-bond acceptors (Lipinski definition) is 4. The Kier molecular flexibility index (Phi) is 9.04. The highest BCUT2D eigenvalue weighted by Crippen LogP contribution is 2.44. The van der Waals surface area contributed by atoms with Gasteiger partial charge >= 0.3 is 6.36 Å². The molecule has 36 heavy (non-hydrogen) atoms. The summed E-state index contributed by atoms with van der Waals surface area (Å²) >= 11 is 6.03. The summed E-state index contributed by atoms with van der Waals surface area (Å²) in [7, 11) is 3.92. The molecule has 2 heterocycles.